The molecule has 1 aromatic rings. The molecule has 0 amide bonds. The SMILES string of the molecule is C=C(C)Cc1c(COC)[nH]c(=S)[nH]c1=O. The second-order valence-corrected chi connectivity index (χ2v) is 3.84. The van der Waals surface area contributed by atoms with Crippen LogP contribution in [-0.4, -0.2) is 17.1 Å². The summed E-state index contributed by atoms with van der Waals surface area (Å²) in [6, 6.07) is 0. The maximum absolute atomic E-state index is 11.6. The molecule has 0 spiro atoms. The Kier molecular flexibility index (Phi) is 3.99. The van der Waals surface area contributed by atoms with Gasteiger partial charge < -0.3 is 9.72 Å². The Balaban J connectivity index is 3.26. The molecule has 82 valence electrons. The molecule has 5 heteroatoms. The van der Waals surface area contributed by atoms with Crippen molar-refractivity contribution in [1.29, 1.82) is 0 Å². The highest BCUT2D eigenvalue weighted by atomic mass is 32.1. The van der Waals surface area contributed by atoms with E-state index in [1.807, 2.05) is 6.92 Å². The number of rotatable bonds is 4. The molecule has 4 nitrogen and oxygen atoms in total. The van der Waals surface area contributed by atoms with Crippen LogP contribution in [0, 0.1) is 4.77 Å². The van der Waals surface area contributed by atoms with E-state index in [1.54, 1.807) is 7.11 Å². The molecule has 1 heterocycles. The van der Waals surface area contributed by atoms with Gasteiger partial charge in [-0.15, -0.1) is 0 Å². The summed E-state index contributed by atoms with van der Waals surface area (Å²) < 4.78 is 5.32. The van der Waals surface area contributed by atoms with Crippen molar-refractivity contribution in [3.63, 3.8) is 0 Å². The molecular weight excluding hydrogens is 212 g/mol. The van der Waals surface area contributed by atoms with Crippen molar-refractivity contribution in [2.75, 3.05) is 7.11 Å². The minimum absolute atomic E-state index is 0.172. The molecule has 0 saturated heterocycles. The maximum atomic E-state index is 11.6. The van der Waals surface area contributed by atoms with Crippen LogP contribution in [0.4, 0.5) is 0 Å². The van der Waals surface area contributed by atoms with Crippen LogP contribution >= 0.6 is 12.2 Å². The summed E-state index contributed by atoms with van der Waals surface area (Å²) >= 11 is 4.89. The zero-order valence-corrected chi connectivity index (χ0v) is 9.66. The average molecular weight is 226 g/mol. The van der Waals surface area contributed by atoms with Gasteiger partial charge >= 0.3 is 0 Å². The highest BCUT2D eigenvalue weighted by Gasteiger charge is 2.08. The number of H-pyrrole nitrogens is 2. The first-order valence-corrected chi connectivity index (χ1v) is 4.93. The van der Waals surface area contributed by atoms with Crippen LogP contribution in [0.15, 0.2) is 16.9 Å². The number of aromatic nitrogens is 2. The van der Waals surface area contributed by atoms with Crippen LogP contribution < -0.4 is 5.56 Å². The van der Waals surface area contributed by atoms with Crippen LogP contribution in [0.3, 0.4) is 0 Å². The Morgan fingerprint density at radius 3 is 2.73 bits per heavy atom. The van der Waals surface area contributed by atoms with Crippen molar-refractivity contribution in [1.82, 2.24) is 9.97 Å². The monoisotopic (exact) mass is 226 g/mol. The molecule has 0 aliphatic heterocycles. The van der Waals surface area contributed by atoms with Gasteiger partial charge in [-0.25, -0.2) is 0 Å². The van der Waals surface area contributed by atoms with E-state index in [0.717, 1.165) is 5.57 Å². The number of methoxy groups -OCH3 is 1. The Hall–Kier alpha value is -1.20. The number of hydrogen-bond donors (Lipinski definition) is 2. The van der Waals surface area contributed by atoms with E-state index in [9.17, 15) is 4.79 Å². The van der Waals surface area contributed by atoms with Gasteiger partial charge in [0, 0.05) is 19.1 Å². The van der Waals surface area contributed by atoms with Gasteiger partial charge in [-0.3, -0.25) is 9.78 Å². The third-order valence-corrected chi connectivity index (χ3v) is 2.10. The van der Waals surface area contributed by atoms with Gasteiger partial charge in [-0.05, 0) is 19.1 Å². The average Bonchev–Trinajstić information content (AvgIpc) is 2.11. The molecule has 15 heavy (non-hydrogen) atoms. The standard InChI is InChI=1S/C10H14N2O2S/c1-6(2)4-7-8(5-14-3)11-10(15)12-9(7)13/h1,4-5H2,2-3H3,(H2,11,12,13,15). The second-order valence-electron chi connectivity index (χ2n) is 3.43. The molecule has 0 bridgehead atoms. The van der Waals surface area contributed by atoms with Crippen molar-refractivity contribution in [2.24, 2.45) is 0 Å². The topological polar surface area (TPSA) is 57.9 Å². The van der Waals surface area contributed by atoms with E-state index in [2.05, 4.69) is 16.5 Å². The molecule has 1 rings (SSSR count). The first-order valence-electron chi connectivity index (χ1n) is 4.52. The summed E-state index contributed by atoms with van der Waals surface area (Å²) in [5.74, 6) is 0. The van der Waals surface area contributed by atoms with Gasteiger partial charge in [0.1, 0.15) is 0 Å². The predicted molar refractivity (Wildman–Crippen MR) is 61.5 cm³/mol. The number of nitrogens with one attached hydrogen (secondary N) is 2. The van der Waals surface area contributed by atoms with Crippen LogP contribution in [0.2, 0.25) is 0 Å². The number of allylic oxidation sites excluding steroid dienone is 1. The first-order chi connectivity index (χ1) is 7.04. The van der Waals surface area contributed by atoms with Gasteiger partial charge in [-0.2, -0.15) is 0 Å². The first kappa shape index (κ1) is 11.9. The molecule has 0 aliphatic carbocycles. The Morgan fingerprint density at radius 2 is 2.20 bits per heavy atom. The van der Waals surface area contributed by atoms with Gasteiger partial charge in [0.15, 0.2) is 4.77 Å². The highest BCUT2D eigenvalue weighted by molar-refractivity contribution is 7.71. The summed E-state index contributed by atoms with van der Waals surface area (Å²) in [5, 5.41) is 0. The van der Waals surface area contributed by atoms with Crippen LogP contribution in [0.1, 0.15) is 18.2 Å². The van der Waals surface area contributed by atoms with E-state index < -0.39 is 0 Å². The molecule has 0 saturated carbocycles. The van der Waals surface area contributed by atoms with E-state index in [1.165, 1.54) is 0 Å². The van der Waals surface area contributed by atoms with Crippen molar-refractivity contribution < 1.29 is 4.74 Å². The smallest absolute Gasteiger partial charge is 0.255 e. The van der Waals surface area contributed by atoms with Gasteiger partial charge in [0.2, 0.25) is 0 Å². The van der Waals surface area contributed by atoms with Crippen LogP contribution in [-0.2, 0) is 17.8 Å². The Morgan fingerprint density at radius 1 is 1.53 bits per heavy atom. The molecule has 1 aromatic heterocycles. The van der Waals surface area contributed by atoms with Crippen molar-refractivity contribution in [2.45, 2.75) is 20.0 Å². The second kappa shape index (κ2) is 5.04. The lowest BCUT2D eigenvalue weighted by Crippen LogP contribution is -2.18. The lowest BCUT2D eigenvalue weighted by atomic mass is 10.1. The normalized spacial score (nSPS) is 10.3. The molecule has 0 fully saturated rings. The third-order valence-electron chi connectivity index (χ3n) is 1.90. The van der Waals surface area contributed by atoms with Crippen molar-refractivity contribution >= 4 is 12.2 Å². The van der Waals surface area contributed by atoms with Gasteiger partial charge in [0.05, 0.1) is 12.3 Å². The molecular formula is C10H14N2O2S. The molecule has 0 unspecified atom stereocenters. The largest absolute Gasteiger partial charge is 0.378 e. The van der Waals surface area contributed by atoms with E-state index >= 15 is 0 Å². The van der Waals surface area contributed by atoms with Gasteiger partial charge in [-0.1, -0.05) is 12.2 Å². The summed E-state index contributed by atoms with van der Waals surface area (Å²) in [5.41, 5.74) is 2.10. The minimum atomic E-state index is -0.172. The van der Waals surface area contributed by atoms with Crippen molar-refractivity contribution in [3.05, 3.63) is 38.5 Å². The fraction of sp³-hybridized carbons (Fsp3) is 0.400. The summed E-state index contributed by atoms with van der Waals surface area (Å²) in [7, 11) is 1.57. The predicted octanol–water partition coefficient (Wildman–Crippen LogP) is 1.70. The minimum Gasteiger partial charge on any atom is -0.378 e. The number of ether oxygens (including phenoxy) is 1. The number of hydrogen-bond acceptors (Lipinski definition) is 3. The zero-order valence-electron chi connectivity index (χ0n) is 8.85. The molecule has 2 N–H and O–H groups in total. The Labute approximate surface area is 93.0 Å². The fourth-order valence-electron chi connectivity index (χ4n) is 1.32. The zero-order chi connectivity index (χ0) is 11.4. The lowest BCUT2D eigenvalue weighted by Gasteiger charge is -2.07. The molecule has 0 radical (unpaired) electrons. The number of aromatic amines is 2. The van der Waals surface area contributed by atoms with Crippen LogP contribution in [0.5, 0.6) is 0 Å². The van der Waals surface area contributed by atoms with E-state index in [0.29, 0.717) is 29.1 Å². The summed E-state index contributed by atoms with van der Waals surface area (Å²) in [6.07, 6.45) is 0.528. The van der Waals surface area contributed by atoms with Crippen LogP contribution in [0.25, 0.3) is 0 Å². The quantitative estimate of drug-likeness (QED) is 0.607. The molecule has 0 atom stereocenters. The lowest BCUT2D eigenvalue weighted by molar-refractivity contribution is 0.180. The summed E-state index contributed by atoms with van der Waals surface area (Å²) in [4.78, 5) is 17.1. The van der Waals surface area contributed by atoms with Gasteiger partial charge in [0.25, 0.3) is 5.56 Å². The third kappa shape index (κ3) is 3.14. The van der Waals surface area contributed by atoms with Crippen molar-refractivity contribution in [3.8, 4) is 0 Å². The fourth-order valence-corrected chi connectivity index (χ4v) is 1.53. The molecule has 0 aliphatic rings. The highest BCUT2D eigenvalue weighted by Crippen LogP contribution is 2.06. The van der Waals surface area contributed by atoms with E-state index in [4.69, 9.17) is 17.0 Å². The molecule has 0 aromatic carbocycles. The summed E-state index contributed by atoms with van der Waals surface area (Å²) in [6.45, 7) is 6.00. The maximum Gasteiger partial charge on any atom is 0.255 e. The van der Waals surface area contributed by atoms with E-state index in [-0.39, 0.29) is 5.56 Å². The Bertz CT molecular complexity index is 473.